The summed E-state index contributed by atoms with van der Waals surface area (Å²) in [4.78, 5) is 0.849. The molecule has 1 aliphatic rings. The predicted molar refractivity (Wildman–Crippen MR) is 91.5 cm³/mol. The molecule has 0 radical (unpaired) electrons. The summed E-state index contributed by atoms with van der Waals surface area (Å²) in [6.45, 7) is 3.36. The van der Waals surface area contributed by atoms with Crippen LogP contribution in [0.4, 0.5) is 0 Å². The van der Waals surface area contributed by atoms with E-state index in [1.54, 1.807) is 6.26 Å². The largest absolute Gasteiger partial charge is 0.486 e. The number of hydrogen-bond donors (Lipinski definition) is 1. The van der Waals surface area contributed by atoms with Crippen LogP contribution in [0.5, 0.6) is 11.5 Å². The van der Waals surface area contributed by atoms with Crippen LogP contribution in [0.2, 0.25) is 0 Å². The third-order valence-electron chi connectivity index (χ3n) is 3.93. The van der Waals surface area contributed by atoms with Gasteiger partial charge in [0.2, 0.25) is 0 Å². The Bertz CT molecular complexity index is 687. The van der Waals surface area contributed by atoms with Gasteiger partial charge in [-0.05, 0) is 36.8 Å². The number of para-hydroxylation sites is 2. The normalized spacial score (nSPS) is 19.1. The molecule has 0 saturated carbocycles. The van der Waals surface area contributed by atoms with E-state index in [4.69, 9.17) is 9.47 Å². The number of benzene rings is 2. The molecule has 5 heteroatoms. The van der Waals surface area contributed by atoms with Gasteiger partial charge in [-0.25, -0.2) is 0 Å². The van der Waals surface area contributed by atoms with Crippen LogP contribution < -0.4 is 14.8 Å². The third-order valence-corrected chi connectivity index (χ3v) is 4.87. The Hall–Kier alpha value is -1.85. The van der Waals surface area contributed by atoms with Gasteiger partial charge >= 0.3 is 0 Å². The lowest BCUT2D eigenvalue weighted by atomic mass is 10.1. The molecule has 0 aromatic heterocycles. The molecule has 1 aliphatic heterocycles. The summed E-state index contributed by atoms with van der Waals surface area (Å²) in [5, 5.41) is 3.47. The van der Waals surface area contributed by atoms with Gasteiger partial charge in [0, 0.05) is 34.5 Å². The highest BCUT2D eigenvalue weighted by Gasteiger charge is 2.21. The first-order valence-electron chi connectivity index (χ1n) is 7.69. The van der Waals surface area contributed by atoms with Crippen molar-refractivity contribution in [2.24, 2.45) is 0 Å². The zero-order valence-corrected chi connectivity index (χ0v) is 14.1. The highest BCUT2D eigenvalue weighted by Crippen LogP contribution is 2.30. The number of nitrogens with one attached hydrogen (secondary N) is 1. The molecular weight excluding hydrogens is 310 g/mol. The first-order valence-corrected chi connectivity index (χ1v) is 9.24. The van der Waals surface area contributed by atoms with Crippen molar-refractivity contribution in [2.75, 3.05) is 19.4 Å². The third kappa shape index (κ3) is 3.92. The quantitative estimate of drug-likeness (QED) is 0.915. The molecule has 0 fully saturated rings. The fraction of sp³-hybridized carbons (Fsp3) is 0.333. The van der Waals surface area contributed by atoms with E-state index in [2.05, 4.69) is 12.2 Å². The molecule has 0 amide bonds. The number of hydrogen-bond acceptors (Lipinski definition) is 4. The Morgan fingerprint density at radius 2 is 1.87 bits per heavy atom. The van der Waals surface area contributed by atoms with E-state index in [9.17, 15) is 4.21 Å². The minimum absolute atomic E-state index is 0.00484. The maximum atomic E-state index is 11.4. The van der Waals surface area contributed by atoms with Gasteiger partial charge in [-0.3, -0.25) is 4.21 Å². The first kappa shape index (κ1) is 16.0. The van der Waals surface area contributed by atoms with Crippen molar-refractivity contribution in [3.63, 3.8) is 0 Å². The fourth-order valence-electron chi connectivity index (χ4n) is 2.54. The summed E-state index contributed by atoms with van der Waals surface area (Å²) >= 11 is 0. The van der Waals surface area contributed by atoms with Crippen LogP contribution >= 0.6 is 0 Å². The Morgan fingerprint density at radius 1 is 1.17 bits per heavy atom. The molecule has 0 spiro atoms. The van der Waals surface area contributed by atoms with E-state index >= 15 is 0 Å². The van der Waals surface area contributed by atoms with Crippen LogP contribution in [0.25, 0.3) is 0 Å². The zero-order valence-electron chi connectivity index (χ0n) is 13.3. The van der Waals surface area contributed by atoms with E-state index in [0.29, 0.717) is 13.2 Å². The van der Waals surface area contributed by atoms with Crippen molar-refractivity contribution in [2.45, 2.75) is 24.0 Å². The van der Waals surface area contributed by atoms with Crippen LogP contribution in [0.15, 0.2) is 53.4 Å². The molecule has 3 rings (SSSR count). The Balaban J connectivity index is 1.55. The topological polar surface area (TPSA) is 47.6 Å². The number of fused-ring (bicyclic) bond motifs is 1. The molecule has 122 valence electrons. The molecule has 3 atom stereocenters. The molecule has 1 N–H and O–H groups in total. The van der Waals surface area contributed by atoms with Crippen LogP contribution in [0, 0.1) is 0 Å². The lowest BCUT2D eigenvalue weighted by molar-refractivity contribution is 0.0886. The van der Waals surface area contributed by atoms with Crippen molar-refractivity contribution in [3.05, 3.63) is 54.1 Å². The van der Waals surface area contributed by atoms with Crippen LogP contribution in [-0.4, -0.2) is 29.7 Å². The highest BCUT2D eigenvalue weighted by molar-refractivity contribution is 7.84. The molecule has 0 unspecified atom stereocenters. The average Bonchev–Trinajstić information content (AvgIpc) is 2.59. The Morgan fingerprint density at radius 3 is 2.57 bits per heavy atom. The smallest absolute Gasteiger partial charge is 0.161 e. The molecular formula is C18H21NO3S. The van der Waals surface area contributed by atoms with Gasteiger partial charge in [0.1, 0.15) is 12.7 Å². The summed E-state index contributed by atoms with van der Waals surface area (Å²) in [6, 6.07) is 15.8. The minimum atomic E-state index is -0.936. The van der Waals surface area contributed by atoms with Gasteiger partial charge in [-0.15, -0.1) is 0 Å². The van der Waals surface area contributed by atoms with Crippen LogP contribution in [0.1, 0.15) is 18.5 Å². The van der Waals surface area contributed by atoms with Gasteiger partial charge in [0.15, 0.2) is 11.5 Å². The van der Waals surface area contributed by atoms with Gasteiger partial charge in [-0.2, -0.15) is 0 Å². The molecule has 0 bridgehead atoms. The lowest BCUT2D eigenvalue weighted by Crippen LogP contribution is -2.39. The maximum Gasteiger partial charge on any atom is 0.161 e. The van der Waals surface area contributed by atoms with Gasteiger partial charge in [-0.1, -0.05) is 24.3 Å². The second-order valence-corrected chi connectivity index (χ2v) is 7.03. The minimum Gasteiger partial charge on any atom is -0.486 e. The van der Waals surface area contributed by atoms with E-state index in [0.717, 1.165) is 22.0 Å². The van der Waals surface area contributed by atoms with Gasteiger partial charge in [0.05, 0.1) is 0 Å². The summed E-state index contributed by atoms with van der Waals surface area (Å²) < 4.78 is 23.1. The summed E-state index contributed by atoms with van der Waals surface area (Å²) in [7, 11) is -0.936. The van der Waals surface area contributed by atoms with E-state index in [1.165, 1.54) is 0 Å². The molecule has 23 heavy (non-hydrogen) atoms. The fourth-order valence-corrected chi connectivity index (χ4v) is 3.06. The van der Waals surface area contributed by atoms with Gasteiger partial charge in [0.25, 0.3) is 0 Å². The van der Waals surface area contributed by atoms with Crippen molar-refractivity contribution in [1.29, 1.82) is 0 Å². The van der Waals surface area contributed by atoms with E-state index < -0.39 is 10.8 Å². The van der Waals surface area contributed by atoms with Crippen molar-refractivity contribution < 1.29 is 13.7 Å². The first-order chi connectivity index (χ1) is 11.1. The van der Waals surface area contributed by atoms with E-state index in [1.807, 2.05) is 48.5 Å². The molecule has 4 nitrogen and oxygen atoms in total. The summed E-state index contributed by atoms with van der Waals surface area (Å²) in [5.74, 6) is 1.60. The number of ether oxygens (including phenoxy) is 2. The summed E-state index contributed by atoms with van der Waals surface area (Å²) in [6.07, 6.45) is 1.68. The lowest BCUT2D eigenvalue weighted by Gasteiger charge is -2.27. The zero-order chi connectivity index (χ0) is 16.2. The second kappa shape index (κ2) is 7.15. The standard InChI is InChI=1S/C18H21NO3S/c1-13(14-7-9-16(10-8-14)23(2)20)19-11-15-12-21-17-5-3-4-6-18(17)22-15/h3-10,13,15,19H,11-12H2,1-2H3/t13-,15-,23-/m0/s1. The highest BCUT2D eigenvalue weighted by atomic mass is 32.2. The Kier molecular flexibility index (Phi) is 4.98. The SMILES string of the molecule is C[C@H](NC[C@H]1COc2ccccc2O1)c1ccc([S@](C)=O)cc1. The molecule has 0 aliphatic carbocycles. The Labute approximate surface area is 139 Å². The average molecular weight is 331 g/mol. The van der Waals surface area contributed by atoms with Crippen LogP contribution in [0.3, 0.4) is 0 Å². The molecule has 2 aromatic carbocycles. The number of rotatable bonds is 5. The van der Waals surface area contributed by atoms with Crippen LogP contribution in [-0.2, 0) is 10.8 Å². The maximum absolute atomic E-state index is 11.4. The van der Waals surface area contributed by atoms with Crippen molar-refractivity contribution in [1.82, 2.24) is 5.32 Å². The monoisotopic (exact) mass is 331 g/mol. The molecule has 0 saturated heterocycles. The summed E-state index contributed by atoms with van der Waals surface area (Å²) in [5.41, 5.74) is 1.16. The second-order valence-electron chi connectivity index (χ2n) is 5.65. The van der Waals surface area contributed by atoms with E-state index in [-0.39, 0.29) is 12.1 Å². The predicted octanol–water partition coefficient (Wildman–Crippen LogP) is 2.91. The van der Waals surface area contributed by atoms with Gasteiger partial charge < -0.3 is 14.8 Å². The molecule has 1 heterocycles. The van der Waals surface area contributed by atoms with Crippen molar-refractivity contribution >= 4 is 10.8 Å². The van der Waals surface area contributed by atoms with Crippen molar-refractivity contribution in [3.8, 4) is 11.5 Å². The molecule has 2 aromatic rings.